The molecule has 0 radical (unpaired) electrons. The van der Waals surface area contributed by atoms with Crippen LogP contribution in [0.3, 0.4) is 0 Å². The fraction of sp³-hybridized carbons (Fsp3) is 0.269. The van der Waals surface area contributed by atoms with E-state index in [0.717, 1.165) is 29.1 Å². The van der Waals surface area contributed by atoms with Crippen molar-refractivity contribution in [3.05, 3.63) is 88.8 Å². The lowest BCUT2D eigenvalue weighted by atomic mass is 9.85. The number of benzene rings is 2. The maximum Gasteiger partial charge on any atom is 0.194 e. The Labute approximate surface area is 205 Å². The summed E-state index contributed by atoms with van der Waals surface area (Å²) < 4.78 is 56.6. The number of nitrogens with zero attached hydrogens (tertiary/aromatic N) is 5. The first-order chi connectivity index (χ1) is 17.3. The molecular weight excluding hydrogens is 471 g/mol. The Balaban J connectivity index is 1.48. The Hall–Kier alpha value is -3.92. The highest BCUT2D eigenvalue weighted by atomic mass is 19.2. The van der Waals surface area contributed by atoms with Crippen molar-refractivity contribution in [3.8, 4) is 11.4 Å². The molecule has 4 aromatic rings. The van der Waals surface area contributed by atoms with E-state index >= 15 is 0 Å². The van der Waals surface area contributed by atoms with E-state index in [-0.39, 0.29) is 5.56 Å². The van der Waals surface area contributed by atoms with E-state index in [2.05, 4.69) is 15.1 Å². The summed E-state index contributed by atoms with van der Waals surface area (Å²) in [4.78, 5) is 8.87. The number of halogens is 3. The van der Waals surface area contributed by atoms with Crippen molar-refractivity contribution in [3.63, 3.8) is 0 Å². The van der Waals surface area contributed by atoms with Crippen molar-refractivity contribution in [2.75, 3.05) is 14.2 Å². The van der Waals surface area contributed by atoms with Crippen molar-refractivity contribution in [2.24, 2.45) is 0 Å². The Morgan fingerprint density at radius 2 is 1.83 bits per heavy atom. The van der Waals surface area contributed by atoms with Crippen molar-refractivity contribution in [1.82, 2.24) is 24.3 Å². The molecule has 0 spiro atoms. The van der Waals surface area contributed by atoms with Gasteiger partial charge in [-0.25, -0.2) is 27.8 Å². The summed E-state index contributed by atoms with van der Waals surface area (Å²) in [6, 6.07) is 7.66. The summed E-state index contributed by atoms with van der Waals surface area (Å²) in [7, 11) is 3.04. The van der Waals surface area contributed by atoms with Crippen molar-refractivity contribution < 1.29 is 22.6 Å². The molecule has 186 valence electrons. The van der Waals surface area contributed by atoms with Crippen LogP contribution >= 0.6 is 0 Å². The molecule has 0 aliphatic carbocycles. The summed E-state index contributed by atoms with van der Waals surface area (Å²) >= 11 is 0. The molecule has 3 heterocycles. The van der Waals surface area contributed by atoms with Crippen LogP contribution in [0, 0.1) is 24.4 Å². The Morgan fingerprint density at radius 1 is 1.06 bits per heavy atom. The summed E-state index contributed by atoms with van der Waals surface area (Å²) in [6.07, 6.45) is 8.28. The molecule has 0 N–H and O–H groups in total. The molecule has 0 unspecified atom stereocenters. The number of imidazole rings is 1. The van der Waals surface area contributed by atoms with Gasteiger partial charge in [-0.1, -0.05) is 12.1 Å². The maximum absolute atomic E-state index is 14.1. The molecule has 0 saturated heterocycles. The van der Waals surface area contributed by atoms with Gasteiger partial charge >= 0.3 is 0 Å². The number of aromatic nitrogens is 5. The molecule has 7 nitrogen and oxygen atoms in total. The van der Waals surface area contributed by atoms with Gasteiger partial charge in [-0.2, -0.15) is 5.10 Å². The van der Waals surface area contributed by atoms with Crippen LogP contribution in [0.15, 0.2) is 42.9 Å². The van der Waals surface area contributed by atoms with Crippen LogP contribution in [-0.4, -0.2) is 38.5 Å². The van der Waals surface area contributed by atoms with E-state index in [1.54, 1.807) is 24.2 Å². The molecule has 36 heavy (non-hydrogen) atoms. The first kappa shape index (κ1) is 23.8. The maximum atomic E-state index is 14.1. The van der Waals surface area contributed by atoms with Gasteiger partial charge in [0.05, 0.1) is 24.8 Å². The van der Waals surface area contributed by atoms with E-state index in [4.69, 9.17) is 9.47 Å². The number of aryl methyl sites for hydroxylation is 2. The second-order valence-electron chi connectivity index (χ2n) is 8.59. The van der Waals surface area contributed by atoms with Gasteiger partial charge in [0.25, 0.3) is 0 Å². The van der Waals surface area contributed by atoms with Crippen molar-refractivity contribution in [2.45, 2.75) is 31.9 Å². The molecular formula is C26H24F3N5O2. The molecule has 2 aromatic carbocycles. The van der Waals surface area contributed by atoms with Crippen LogP contribution in [0.4, 0.5) is 13.2 Å². The third-order valence-electron chi connectivity index (χ3n) is 6.37. The Morgan fingerprint density at radius 3 is 2.50 bits per heavy atom. The van der Waals surface area contributed by atoms with Gasteiger partial charge in [-0.3, -0.25) is 0 Å². The zero-order valence-corrected chi connectivity index (χ0v) is 20.0. The van der Waals surface area contributed by atoms with Gasteiger partial charge in [0.2, 0.25) is 0 Å². The first-order valence-corrected chi connectivity index (χ1v) is 11.4. The minimum atomic E-state index is -1.52. The Kier molecular flexibility index (Phi) is 6.13. The molecule has 1 aliphatic rings. The molecule has 2 aromatic heterocycles. The van der Waals surface area contributed by atoms with Crippen LogP contribution in [0.25, 0.3) is 17.8 Å². The van der Waals surface area contributed by atoms with Crippen LogP contribution < -0.4 is 4.74 Å². The predicted molar refractivity (Wildman–Crippen MR) is 127 cm³/mol. The van der Waals surface area contributed by atoms with E-state index in [9.17, 15) is 13.2 Å². The minimum absolute atomic E-state index is 0.153. The molecule has 5 rings (SSSR count). The SMILES string of the molecule is COc1cc(/C=C/c2nc3n(n2)CCC[C@]3(OC)c2cc(F)c(F)c(F)c2)ccc1-n1cnc(C)c1. The normalized spacial score (nSPS) is 17.5. The van der Waals surface area contributed by atoms with Gasteiger partial charge in [0.1, 0.15) is 5.75 Å². The number of methoxy groups -OCH3 is 2. The van der Waals surface area contributed by atoms with E-state index < -0.39 is 23.1 Å². The predicted octanol–water partition coefficient (Wildman–Crippen LogP) is 5.05. The topological polar surface area (TPSA) is 67.0 Å². The quantitative estimate of drug-likeness (QED) is 0.350. The van der Waals surface area contributed by atoms with Crippen LogP contribution in [-0.2, 0) is 16.9 Å². The number of hydrogen-bond acceptors (Lipinski definition) is 5. The highest BCUT2D eigenvalue weighted by molar-refractivity contribution is 5.69. The highest BCUT2D eigenvalue weighted by Crippen LogP contribution is 2.40. The molecule has 0 amide bonds. The van der Waals surface area contributed by atoms with Crippen LogP contribution in [0.5, 0.6) is 5.75 Å². The van der Waals surface area contributed by atoms with E-state index in [0.29, 0.717) is 36.8 Å². The largest absolute Gasteiger partial charge is 0.495 e. The number of fused-ring (bicyclic) bond motifs is 1. The van der Waals surface area contributed by atoms with Gasteiger partial charge in [0.15, 0.2) is 34.7 Å². The molecule has 0 bridgehead atoms. The summed E-state index contributed by atoms with van der Waals surface area (Å²) in [5.74, 6) is -2.59. The van der Waals surface area contributed by atoms with Gasteiger partial charge in [-0.15, -0.1) is 0 Å². The van der Waals surface area contributed by atoms with Gasteiger partial charge in [0, 0.05) is 19.9 Å². The number of rotatable bonds is 6. The summed E-state index contributed by atoms with van der Waals surface area (Å²) in [5, 5.41) is 4.54. The lowest BCUT2D eigenvalue weighted by Crippen LogP contribution is -2.38. The average Bonchev–Trinajstić information content (AvgIpc) is 3.51. The van der Waals surface area contributed by atoms with Gasteiger partial charge in [-0.05, 0) is 61.2 Å². The second-order valence-corrected chi connectivity index (χ2v) is 8.59. The van der Waals surface area contributed by atoms with E-state index in [1.807, 2.05) is 42.0 Å². The van der Waals surface area contributed by atoms with Crippen molar-refractivity contribution >= 4 is 12.2 Å². The molecule has 10 heteroatoms. The monoisotopic (exact) mass is 495 g/mol. The zero-order valence-electron chi connectivity index (χ0n) is 20.0. The molecule has 1 aliphatic heterocycles. The minimum Gasteiger partial charge on any atom is -0.495 e. The summed E-state index contributed by atoms with van der Waals surface area (Å²) in [5.41, 5.74) is 1.52. The number of hydrogen-bond donors (Lipinski definition) is 0. The molecule has 0 saturated carbocycles. The highest BCUT2D eigenvalue weighted by Gasteiger charge is 2.43. The molecule has 0 fully saturated rings. The zero-order chi connectivity index (χ0) is 25.4. The molecule has 1 atom stereocenters. The first-order valence-electron chi connectivity index (χ1n) is 11.4. The fourth-order valence-electron chi connectivity index (χ4n) is 4.58. The van der Waals surface area contributed by atoms with Crippen LogP contribution in [0.2, 0.25) is 0 Å². The van der Waals surface area contributed by atoms with Crippen LogP contribution in [0.1, 0.15) is 41.3 Å². The standard InChI is InChI=1S/C26H24F3N5O2/c1-16-14-33(15-30-16)21-7-5-17(11-22(21)35-2)6-8-23-31-25-26(36-3,9-4-10-34(25)32-23)18-12-19(27)24(29)20(28)13-18/h5-8,11-15H,4,9-10H2,1-3H3/b8-6+/t26-/m0/s1. The van der Waals surface area contributed by atoms with Crippen molar-refractivity contribution in [1.29, 1.82) is 0 Å². The third-order valence-corrected chi connectivity index (χ3v) is 6.37. The van der Waals surface area contributed by atoms with E-state index in [1.165, 1.54) is 7.11 Å². The third kappa shape index (κ3) is 4.07. The Bertz CT molecular complexity index is 1440. The van der Waals surface area contributed by atoms with Gasteiger partial charge < -0.3 is 14.0 Å². The average molecular weight is 496 g/mol. The lowest BCUT2D eigenvalue weighted by molar-refractivity contribution is -0.0101. The second kappa shape index (κ2) is 9.27. The smallest absolute Gasteiger partial charge is 0.194 e. The fourth-order valence-corrected chi connectivity index (χ4v) is 4.58. The lowest BCUT2D eigenvalue weighted by Gasteiger charge is -2.35. The summed E-state index contributed by atoms with van der Waals surface area (Å²) in [6.45, 7) is 2.49. The number of ether oxygens (including phenoxy) is 2.